The average Bonchev–Trinajstić information content (AvgIpc) is 2.25. The Labute approximate surface area is 123 Å². The van der Waals surface area contributed by atoms with Crippen LogP contribution in [0.3, 0.4) is 0 Å². The third kappa shape index (κ3) is 11.3. The van der Waals surface area contributed by atoms with Gasteiger partial charge >= 0.3 is 0 Å². The first-order chi connectivity index (χ1) is 7.98. The molecule has 100 valence electrons. The van der Waals surface area contributed by atoms with Crippen LogP contribution < -0.4 is 0 Å². The summed E-state index contributed by atoms with van der Waals surface area (Å²) in [5, 5.41) is 0. The Balaban J connectivity index is 3.55. The molecular weight excluding hydrogens is 335 g/mol. The molecule has 0 aromatic rings. The number of hydrogen-bond acceptors (Lipinski definition) is 0. The summed E-state index contributed by atoms with van der Waals surface area (Å²) in [4.78, 5) is 0. The van der Waals surface area contributed by atoms with Crippen LogP contribution in [0.5, 0.6) is 0 Å². The zero-order valence-electron chi connectivity index (χ0n) is 12.1. The van der Waals surface area contributed by atoms with Gasteiger partial charge in [0.1, 0.15) is 0 Å². The van der Waals surface area contributed by atoms with E-state index in [0.29, 0.717) is 0 Å². The molecule has 0 radical (unpaired) electrons. The molecule has 0 rings (SSSR count). The van der Waals surface area contributed by atoms with Crippen LogP contribution in [0.2, 0.25) is 19.6 Å². The van der Waals surface area contributed by atoms with Crippen molar-refractivity contribution >= 4 is 30.7 Å². The molecule has 0 heterocycles. The summed E-state index contributed by atoms with van der Waals surface area (Å²) in [6, 6.07) is 0. The zero-order valence-corrected chi connectivity index (χ0v) is 15.2. The van der Waals surface area contributed by atoms with Crippen molar-refractivity contribution in [2.75, 3.05) is 0 Å². The minimum absolute atomic E-state index is 1.05. The molecule has 0 N–H and O–H groups in total. The summed E-state index contributed by atoms with van der Waals surface area (Å²) in [7, 11) is -1.05. The number of unbranched alkanes of at least 4 members (excludes halogenated alkanes) is 6. The van der Waals surface area contributed by atoms with Gasteiger partial charge in [-0.3, -0.25) is 0 Å². The van der Waals surface area contributed by atoms with Gasteiger partial charge in [-0.1, -0.05) is 99.5 Å². The molecular formula is C15H29ISi. The Kier molecular flexibility index (Phi) is 10.6. The zero-order chi connectivity index (χ0) is 13.1. The first-order valence-corrected chi connectivity index (χ1v) is 11.6. The molecule has 0 amide bonds. The van der Waals surface area contributed by atoms with Crippen LogP contribution in [-0.2, 0) is 0 Å². The van der Waals surface area contributed by atoms with E-state index in [1.54, 1.807) is 3.20 Å². The van der Waals surface area contributed by atoms with Gasteiger partial charge in [0.2, 0.25) is 0 Å². The van der Waals surface area contributed by atoms with Crippen LogP contribution >= 0.6 is 22.6 Å². The van der Waals surface area contributed by atoms with Gasteiger partial charge in [-0.25, -0.2) is 0 Å². The highest BCUT2D eigenvalue weighted by atomic mass is 127. The minimum Gasteiger partial charge on any atom is -0.0845 e. The molecule has 17 heavy (non-hydrogen) atoms. The van der Waals surface area contributed by atoms with E-state index < -0.39 is 8.07 Å². The average molecular weight is 364 g/mol. The lowest BCUT2D eigenvalue weighted by atomic mass is 10.1. The molecule has 0 aromatic carbocycles. The van der Waals surface area contributed by atoms with E-state index >= 15 is 0 Å². The van der Waals surface area contributed by atoms with E-state index in [4.69, 9.17) is 0 Å². The van der Waals surface area contributed by atoms with Crippen molar-refractivity contribution in [1.82, 2.24) is 0 Å². The Morgan fingerprint density at radius 2 is 1.59 bits per heavy atom. The van der Waals surface area contributed by atoms with Gasteiger partial charge in [-0.15, -0.1) is 0 Å². The van der Waals surface area contributed by atoms with Crippen molar-refractivity contribution in [3.63, 3.8) is 0 Å². The first-order valence-electron chi connectivity index (χ1n) is 7.01. The maximum absolute atomic E-state index is 2.50. The number of rotatable bonds is 9. The van der Waals surface area contributed by atoms with Crippen LogP contribution in [-0.4, -0.2) is 8.07 Å². The van der Waals surface area contributed by atoms with Gasteiger partial charge in [0.05, 0.1) is 8.07 Å². The van der Waals surface area contributed by atoms with E-state index in [0.717, 1.165) is 0 Å². The fourth-order valence-electron chi connectivity index (χ4n) is 1.54. The van der Waals surface area contributed by atoms with Gasteiger partial charge in [0.25, 0.3) is 0 Å². The van der Waals surface area contributed by atoms with Gasteiger partial charge in [-0.2, -0.15) is 0 Å². The third-order valence-electron chi connectivity index (χ3n) is 2.82. The van der Waals surface area contributed by atoms with Gasteiger partial charge in [0.15, 0.2) is 0 Å². The van der Waals surface area contributed by atoms with Crippen LogP contribution in [0.1, 0.15) is 51.9 Å². The normalized spacial score (nSPS) is 13.6. The third-order valence-corrected chi connectivity index (χ3v) is 9.63. The highest BCUT2D eigenvalue weighted by molar-refractivity contribution is 14.1. The fourth-order valence-corrected chi connectivity index (χ4v) is 2.35. The number of halogens is 1. The summed E-state index contributed by atoms with van der Waals surface area (Å²) in [5.41, 5.74) is 0. The molecule has 0 aromatic heterocycles. The standard InChI is InChI=1S/C15H29ISi/c1-5-6-7-8-9-10-11-12-13-14-15(16)17(2,3)4/h12-14H,5-11H2,1-4H3/b13-12+,15-14-. The van der Waals surface area contributed by atoms with E-state index in [1.807, 2.05) is 0 Å². The van der Waals surface area contributed by atoms with Crippen LogP contribution in [0.15, 0.2) is 21.4 Å². The number of allylic oxidation sites excluding steroid dienone is 3. The van der Waals surface area contributed by atoms with Crippen molar-refractivity contribution in [3.8, 4) is 0 Å². The fraction of sp³-hybridized carbons (Fsp3) is 0.733. The smallest absolute Gasteiger partial charge is 0.0845 e. The Hall–Kier alpha value is 0.427. The molecule has 0 spiro atoms. The maximum Gasteiger partial charge on any atom is 0.0854 e. The first kappa shape index (κ1) is 17.4. The Morgan fingerprint density at radius 1 is 1.00 bits per heavy atom. The lowest BCUT2D eigenvalue weighted by Crippen LogP contribution is -2.19. The molecule has 0 aliphatic carbocycles. The molecule has 0 aliphatic heterocycles. The van der Waals surface area contributed by atoms with Crippen LogP contribution in [0, 0.1) is 0 Å². The summed E-state index contributed by atoms with van der Waals surface area (Å²) >= 11 is 2.50. The second-order valence-electron chi connectivity index (χ2n) is 5.75. The van der Waals surface area contributed by atoms with Crippen molar-refractivity contribution in [2.24, 2.45) is 0 Å². The van der Waals surface area contributed by atoms with Crippen molar-refractivity contribution < 1.29 is 0 Å². The van der Waals surface area contributed by atoms with Crippen molar-refractivity contribution in [3.05, 3.63) is 21.4 Å². The van der Waals surface area contributed by atoms with E-state index in [9.17, 15) is 0 Å². The summed E-state index contributed by atoms with van der Waals surface area (Å²) in [6.45, 7) is 9.46. The van der Waals surface area contributed by atoms with Gasteiger partial charge < -0.3 is 0 Å². The summed E-state index contributed by atoms with van der Waals surface area (Å²) in [6.07, 6.45) is 16.5. The highest BCUT2D eigenvalue weighted by Gasteiger charge is 2.15. The second kappa shape index (κ2) is 10.4. The van der Waals surface area contributed by atoms with Gasteiger partial charge in [-0.05, 0) is 16.0 Å². The molecule has 0 bridgehead atoms. The summed E-state index contributed by atoms with van der Waals surface area (Å²) in [5.74, 6) is 0. The van der Waals surface area contributed by atoms with Crippen LogP contribution in [0.25, 0.3) is 0 Å². The SMILES string of the molecule is CCCCCCCC/C=C/C=C(/I)[Si](C)(C)C. The lowest BCUT2D eigenvalue weighted by molar-refractivity contribution is 0.611. The molecule has 0 unspecified atom stereocenters. The highest BCUT2D eigenvalue weighted by Crippen LogP contribution is 2.21. The lowest BCUT2D eigenvalue weighted by Gasteiger charge is -2.13. The summed E-state index contributed by atoms with van der Waals surface area (Å²) < 4.78 is 1.56. The Morgan fingerprint density at radius 3 is 2.18 bits per heavy atom. The predicted molar refractivity (Wildman–Crippen MR) is 92.6 cm³/mol. The van der Waals surface area contributed by atoms with Crippen molar-refractivity contribution in [1.29, 1.82) is 0 Å². The maximum atomic E-state index is 2.50. The predicted octanol–water partition coefficient (Wildman–Crippen LogP) is 6.49. The molecule has 0 atom stereocenters. The monoisotopic (exact) mass is 364 g/mol. The largest absolute Gasteiger partial charge is 0.0854 e. The molecule has 0 saturated carbocycles. The second-order valence-corrected chi connectivity index (χ2v) is 13.0. The van der Waals surface area contributed by atoms with E-state index in [1.165, 1.54) is 44.9 Å². The molecule has 0 fully saturated rings. The van der Waals surface area contributed by atoms with Gasteiger partial charge in [0, 0.05) is 0 Å². The molecule has 2 heteroatoms. The van der Waals surface area contributed by atoms with Crippen molar-refractivity contribution in [2.45, 2.75) is 71.5 Å². The number of hydrogen-bond donors (Lipinski definition) is 0. The minimum atomic E-state index is -1.05. The topological polar surface area (TPSA) is 0 Å². The quantitative estimate of drug-likeness (QED) is 0.190. The molecule has 0 nitrogen and oxygen atoms in total. The van der Waals surface area contributed by atoms with E-state index in [-0.39, 0.29) is 0 Å². The van der Waals surface area contributed by atoms with E-state index in [2.05, 4.69) is 67.4 Å². The van der Waals surface area contributed by atoms with Crippen LogP contribution in [0.4, 0.5) is 0 Å². The Bertz CT molecular complexity index is 236. The molecule has 0 saturated heterocycles. The molecule has 0 aliphatic rings.